The molecule has 220 valence electrons. The van der Waals surface area contributed by atoms with E-state index in [-0.39, 0.29) is 22.6 Å². The number of carbonyl (C=O) groups is 2. The average Bonchev–Trinajstić information content (AvgIpc) is 3.38. The van der Waals surface area contributed by atoms with E-state index >= 15 is 0 Å². The van der Waals surface area contributed by atoms with E-state index in [0.29, 0.717) is 5.52 Å². The average molecular weight is 597 g/mol. The minimum Gasteiger partial charge on any atom is -0.508 e. The van der Waals surface area contributed by atoms with Crippen LogP contribution in [0.5, 0.6) is 5.75 Å². The number of aliphatic hydroxyl groups excluding tert-OH is 1. The highest BCUT2D eigenvalue weighted by molar-refractivity contribution is 7.51. The number of aliphatic hydroxyl groups is 1. The van der Waals surface area contributed by atoms with Gasteiger partial charge in [0.15, 0.2) is 12.3 Å². The van der Waals surface area contributed by atoms with Gasteiger partial charge in [-0.3, -0.25) is 4.57 Å². The summed E-state index contributed by atoms with van der Waals surface area (Å²) in [6.45, 7) is -0.486. The summed E-state index contributed by atoms with van der Waals surface area (Å²) < 4.78 is 31.3. The molecule has 0 unspecified atom stereocenters. The van der Waals surface area contributed by atoms with Crippen LogP contribution >= 0.6 is 7.60 Å². The topological polar surface area (TPSA) is 191 Å². The second-order valence-electron chi connectivity index (χ2n) is 9.95. The molecule has 13 heteroatoms. The predicted octanol–water partition coefficient (Wildman–Crippen LogP) is 3.06. The molecule has 0 aliphatic carbocycles. The Morgan fingerprint density at radius 1 is 0.952 bits per heavy atom. The highest BCUT2D eigenvalue weighted by Crippen LogP contribution is 2.45. The third-order valence-electron chi connectivity index (χ3n) is 7.09. The second-order valence-corrected chi connectivity index (χ2v) is 11.6. The Kier molecular flexibility index (Phi) is 8.35. The number of hydrogen-bond acceptors (Lipinski definition) is 9. The van der Waals surface area contributed by atoms with Gasteiger partial charge in [0.1, 0.15) is 18.5 Å². The molecular formula is C29H29N2O10P. The standard InChI is InChI=1S/C29H29N2O10P/c30-22-7-3-2-6-20(22)29(35)41-26-21(16-42(36,37)38)25(33)24(15-39-28(34)18-9-11-19(32)12-10-18)40-27(26)31-14-13-17-5-1-4-8-23(17)31/h1-14,21,24-27,32-33H,15-16,30H2,(H2,36,37,38)/t21-,24+,25-,26+,27+/m0/s1. The summed E-state index contributed by atoms with van der Waals surface area (Å²) >= 11 is 0. The van der Waals surface area contributed by atoms with E-state index < -0.39 is 62.8 Å². The smallest absolute Gasteiger partial charge is 0.340 e. The van der Waals surface area contributed by atoms with Crippen LogP contribution in [0.15, 0.2) is 85.1 Å². The monoisotopic (exact) mass is 596 g/mol. The molecule has 42 heavy (non-hydrogen) atoms. The minimum absolute atomic E-state index is 0.0305. The summed E-state index contributed by atoms with van der Waals surface area (Å²) in [5.41, 5.74) is 6.92. The van der Waals surface area contributed by atoms with Gasteiger partial charge in [0.25, 0.3) is 0 Å². The molecule has 1 saturated heterocycles. The predicted molar refractivity (Wildman–Crippen MR) is 151 cm³/mol. The fourth-order valence-electron chi connectivity index (χ4n) is 5.05. The van der Waals surface area contributed by atoms with Crippen LogP contribution in [0.25, 0.3) is 10.9 Å². The van der Waals surface area contributed by atoms with Crippen LogP contribution in [0.3, 0.4) is 0 Å². The van der Waals surface area contributed by atoms with Crippen LogP contribution in [0.4, 0.5) is 5.69 Å². The number of aromatic hydroxyl groups is 1. The van der Waals surface area contributed by atoms with Gasteiger partial charge in [-0.05, 0) is 53.9 Å². The summed E-state index contributed by atoms with van der Waals surface area (Å²) in [5, 5.41) is 21.6. The van der Waals surface area contributed by atoms with Gasteiger partial charge < -0.3 is 44.5 Å². The molecule has 0 radical (unpaired) electrons. The van der Waals surface area contributed by atoms with Crippen LogP contribution in [0, 0.1) is 5.92 Å². The number of nitrogens with zero attached hydrogens (tertiary/aromatic N) is 1. The molecule has 2 heterocycles. The Morgan fingerprint density at radius 3 is 2.36 bits per heavy atom. The molecule has 5 atom stereocenters. The van der Waals surface area contributed by atoms with Gasteiger partial charge in [-0.15, -0.1) is 0 Å². The number of rotatable bonds is 8. The van der Waals surface area contributed by atoms with Crippen molar-refractivity contribution in [3.8, 4) is 5.75 Å². The second kappa shape index (κ2) is 12.0. The van der Waals surface area contributed by atoms with Gasteiger partial charge in [0, 0.05) is 17.8 Å². The molecular weight excluding hydrogens is 567 g/mol. The van der Waals surface area contributed by atoms with Crippen LogP contribution in [0.2, 0.25) is 0 Å². The summed E-state index contributed by atoms with van der Waals surface area (Å²) in [5.74, 6) is -3.02. The molecule has 1 aromatic heterocycles. The van der Waals surface area contributed by atoms with Gasteiger partial charge in [-0.1, -0.05) is 30.3 Å². The number of ether oxygens (including phenoxy) is 3. The van der Waals surface area contributed by atoms with Crippen molar-refractivity contribution >= 4 is 36.1 Å². The van der Waals surface area contributed by atoms with Crippen molar-refractivity contribution in [2.24, 2.45) is 5.92 Å². The fourth-order valence-corrected chi connectivity index (χ4v) is 6.02. The molecule has 0 bridgehead atoms. The molecule has 0 spiro atoms. The molecule has 1 aliphatic heterocycles. The van der Waals surface area contributed by atoms with E-state index in [1.165, 1.54) is 36.4 Å². The molecule has 6 N–H and O–H groups in total. The van der Waals surface area contributed by atoms with Crippen molar-refractivity contribution in [1.82, 2.24) is 4.57 Å². The van der Waals surface area contributed by atoms with E-state index in [1.807, 2.05) is 12.1 Å². The van der Waals surface area contributed by atoms with E-state index in [0.717, 1.165) is 5.39 Å². The molecule has 0 amide bonds. The number of anilines is 1. The Hall–Kier alpha value is -4.19. The van der Waals surface area contributed by atoms with Gasteiger partial charge in [-0.25, -0.2) is 9.59 Å². The number of benzene rings is 3. The quantitative estimate of drug-likeness (QED) is 0.114. The van der Waals surface area contributed by atoms with Crippen molar-refractivity contribution in [3.63, 3.8) is 0 Å². The third kappa shape index (κ3) is 6.33. The minimum atomic E-state index is -4.77. The Bertz CT molecular complexity index is 1630. The molecule has 12 nitrogen and oxygen atoms in total. The number of phenols is 1. The number of phenolic OH excluding ortho intramolecular Hbond substituents is 1. The number of aromatic nitrogens is 1. The molecule has 4 aromatic rings. The van der Waals surface area contributed by atoms with Gasteiger partial charge >= 0.3 is 19.5 Å². The Labute approximate surface area is 240 Å². The number of nitrogens with two attached hydrogens (primary N) is 1. The Morgan fingerprint density at radius 2 is 1.64 bits per heavy atom. The molecule has 1 aliphatic rings. The van der Waals surface area contributed by atoms with E-state index in [9.17, 15) is 34.2 Å². The number of nitrogen functional groups attached to an aromatic ring is 1. The number of fused-ring (bicyclic) bond motifs is 1. The first-order chi connectivity index (χ1) is 20.0. The zero-order valence-corrected chi connectivity index (χ0v) is 23.0. The number of para-hydroxylation sites is 2. The van der Waals surface area contributed by atoms with E-state index in [2.05, 4.69) is 0 Å². The maximum Gasteiger partial charge on any atom is 0.340 e. The Balaban J connectivity index is 1.51. The lowest BCUT2D eigenvalue weighted by molar-refractivity contribution is -0.228. The number of esters is 2. The largest absolute Gasteiger partial charge is 0.508 e. The number of carbonyl (C=O) groups excluding carboxylic acids is 2. The molecule has 5 rings (SSSR count). The van der Waals surface area contributed by atoms with Crippen molar-refractivity contribution in [1.29, 1.82) is 0 Å². The highest BCUT2D eigenvalue weighted by atomic mass is 31.2. The summed E-state index contributed by atoms with van der Waals surface area (Å²) in [7, 11) is -4.77. The van der Waals surface area contributed by atoms with Crippen LogP contribution < -0.4 is 5.73 Å². The van der Waals surface area contributed by atoms with Gasteiger partial charge in [0.05, 0.1) is 28.9 Å². The first-order valence-electron chi connectivity index (χ1n) is 13.0. The first kappa shape index (κ1) is 29.3. The molecule has 3 aromatic carbocycles. The lowest BCUT2D eigenvalue weighted by Gasteiger charge is -2.44. The zero-order chi connectivity index (χ0) is 30.0. The van der Waals surface area contributed by atoms with Crippen LogP contribution in [-0.2, 0) is 18.8 Å². The van der Waals surface area contributed by atoms with Crippen LogP contribution in [0.1, 0.15) is 26.9 Å². The SMILES string of the molecule is Nc1ccccc1C(=O)O[C@@H]1[C@@H](CP(=O)(O)O)[C@H](O)[C@@H](COC(=O)c2ccc(O)cc2)O[C@H]1n1ccc2ccccc21. The molecule has 0 saturated carbocycles. The van der Waals surface area contributed by atoms with Crippen molar-refractivity contribution < 1.29 is 48.4 Å². The van der Waals surface area contributed by atoms with E-state index in [1.54, 1.807) is 41.1 Å². The van der Waals surface area contributed by atoms with Gasteiger partial charge in [0.2, 0.25) is 0 Å². The van der Waals surface area contributed by atoms with Crippen molar-refractivity contribution in [2.75, 3.05) is 18.5 Å². The van der Waals surface area contributed by atoms with Crippen molar-refractivity contribution in [3.05, 3.63) is 96.2 Å². The summed E-state index contributed by atoms with van der Waals surface area (Å²) in [4.78, 5) is 45.8. The third-order valence-corrected chi connectivity index (χ3v) is 7.99. The molecule has 1 fully saturated rings. The van der Waals surface area contributed by atoms with E-state index in [4.69, 9.17) is 19.9 Å². The lowest BCUT2D eigenvalue weighted by Crippen LogP contribution is -2.56. The van der Waals surface area contributed by atoms with Crippen LogP contribution in [-0.4, -0.2) is 67.6 Å². The normalized spacial score (nSPS) is 22.5. The maximum atomic E-state index is 13.3. The summed E-state index contributed by atoms with van der Waals surface area (Å²) in [6, 6.07) is 20.5. The zero-order valence-electron chi connectivity index (χ0n) is 22.1. The first-order valence-corrected chi connectivity index (χ1v) is 14.8. The lowest BCUT2D eigenvalue weighted by atomic mass is 9.89. The highest BCUT2D eigenvalue weighted by Gasteiger charge is 2.50. The van der Waals surface area contributed by atoms with Crippen molar-refractivity contribution in [2.45, 2.75) is 24.5 Å². The fraction of sp³-hybridized carbons (Fsp3) is 0.241. The number of hydrogen-bond donors (Lipinski definition) is 5. The summed E-state index contributed by atoms with van der Waals surface area (Å²) in [6.07, 6.45) is -4.63. The maximum absolute atomic E-state index is 13.3. The van der Waals surface area contributed by atoms with Gasteiger partial charge in [-0.2, -0.15) is 0 Å².